The molecular formula is C37H33ClFN3O. The minimum absolute atomic E-state index is 0.174. The van der Waals surface area contributed by atoms with E-state index < -0.39 is 5.54 Å². The van der Waals surface area contributed by atoms with Gasteiger partial charge in [-0.3, -0.25) is 4.68 Å². The Morgan fingerprint density at radius 2 is 1.49 bits per heavy atom. The fraction of sp³-hybridized carbons (Fsp3) is 0.189. The second kappa shape index (κ2) is 11.3. The molecule has 0 atom stereocenters. The van der Waals surface area contributed by atoms with Crippen molar-refractivity contribution in [1.29, 1.82) is 0 Å². The van der Waals surface area contributed by atoms with Crippen LogP contribution in [0.5, 0.6) is 5.75 Å². The van der Waals surface area contributed by atoms with E-state index in [0.29, 0.717) is 16.2 Å². The predicted octanol–water partition coefficient (Wildman–Crippen LogP) is 9.25. The molecule has 4 nitrogen and oxygen atoms in total. The van der Waals surface area contributed by atoms with Gasteiger partial charge in [-0.15, -0.1) is 0 Å². The first-order valence-electron chi connectivity index (χ1n) is 14.3. The van der Waals surface area contributed by atoms with Crippen LogP contribution in [0.25, 0.3) is 11.0 Å². The second-order valence-electron chi connectivity index (χ2n) is 11.9. The van der Waals surface area contributed by atoms with Crippen LogP contribution in [-0.4, -0.2) is 14.8 Å². The summed E-state index contributed by atoms with van der Waals surface area (Å²) in [7, 11) is 0. The standard InChI is InChI=1S/C37H33ClFN3O/c1-25-20-34(31(22-32(25)38)36(2,3)4)43-24-26-17-18-33(39)30(21-26)37(28-13-7-5-8-14-28,29-15-9-6-10-16-29)42-23-27-12-11-19-40-35(27)41-42/h5-23H,24H2,1-4H3. The van der Waals surface area contributed by atoms with Crippen LogP contribution >= 0.6 is 11.6 Å². The predicted molar refractivity (Wildman–Crippen MR) is 171 cm³/mol. The molecule has 0 amide bonds. The van der Waals surface area contributed by atoms with E-state index in [0.717, 1.165) is 39.0 Å². The minimum atomic E-state index is -1.13. The Hall–Kier alpha value is -4.48. The van der Waals surface area contributed by atoms with Gasteiger partial charge in [-0.05, 0) is 71.0 Å². The van der Waals surface area contributed by atoms with Crippen molar-refractivity contribution < 1.29 is 9.13 Å². The molecule has 0 saturated carbocycles. The van der Waals surface area contributed by atoms with E-state index in [-0.39, 0.29) is 17.8 Å². The largest absolute Gasteiger partial charge is 0.489 e. The molecule has 6 heteroatoms. The van der Waals surface area contributed by atoms with Gasteiger partial charge in [-0.2, -0.15) is 5.10 Å². The Morgan fingerprint density at radius 1 is 0.814 bits per heavy atom. The average Bonchev–Trinajstić information content (AvgIpc) is 3.44. The summed E-state index contributed by atoms with van der Waals surface area (Å²) in [6.07, 6.45) is 3.66. The number of rotatable bonds is 7. The third-order valence-corrected chi connectivity index (χ3v) is 8.30. The highest BCUT2D eigenvalue weighted by atomic mass is 35.5. The number of hydrogen-bond donors (Lipinski definition) is 0. The third kappa shape index (κ3) is 5.30. The van der Waals surface area contributed by atoms with Gasteiger partial charge in [0.25, 0.3) is 0 Å². The Labute approximate surface area is 256 Å². The summed E-state index contributed by atoms with van der Waals surface area (Å²) < 4.78 is 24.6. The maximum absolute atomic E-state index is 16.3. The normalized spacial score (nSPS) is 12.0. The quantitative estimate of drug-likeness (QED) is 0.174. The zero-order valence-corrected chi connectivity index (χ0v) is 25.4. The van der Waals surface area contributed by atoms with Gasteiger partial charge >= 0.3 is 0 Å². The van der Waals surface area contributed by atoms with E-state index in [4.69, 9.17) is 21.4 Å². The number of benzene rings is 4. The van der Waals surface area contributed by atoms with Gasteiger partial charge in [-0.1, -0.05) is 99.1 Å². The summed E-state index contributed by atoms with van der Waals surface area (Å²) in [6.45, 7) is 8.61. The molecule has 0 aliphatic heterocycles. The number of nitrogens with zero attached hydrogens (tertiary/aromatic N) is 3. The van der Waals surface area contributed by atoms with Crippen LogP contribution in [0.3, 0.4) is 0 Å². The van der Waals surface area contributed by atoms with Crippen LogP contribution in [0.15, 0.2) is 116 Å². The Morgan fingerprint density at radius 3 is 2.12 bits per heavy atom. The summed E-state index contributed by atoms with van der Waals surface area (Å²) in [5, 5.41) is 6.50. The highest BCUT2D eigenvalue weighted by Crippen LogP contribution is 2.43. The van der Waals surface area contributed by atoms with Gasteiger partial charge in [-0.25, -0.2) is 9.37 Å². The van der Waals surface area contributed by atoms with Gasteiger partial charge in [0.2, 0.25) is 0 Å². The molecule has 0 bridgehead atoms. The lowest BCUT2D eigenvalue weighted by Crippen LogP contribution is -2.39. The molecule has 0 aliphatic carbocycles. The summed E-state index contributed by atoms with van der Waals surface area (Å²) >= 11 is 6.49. The molecule has 0 N–H and O–H groups in total. The van der Waals surface area contributed by atoms with Gasteiger partial charge < -0.3 is 4.74 Å². The fourth-order valence-corrected chi connectivity index (χ4v) is 5.88. The topological polar surface area (TPSA) is 39.9 Å². The van der Waals surface area contributed by atoms with Gasteiger partial charge in [0.15, 0.2) is 5.65 Å². The molecule has 2 heterocycles. The van der Waals surface area contributed by atoms with Crippen molar-refractivity contribution >= 4 is 22.6 Å². The smallest absolute Gasteiger partial charge is 0.181 e. The van der Waals surface area contributed by atoms with Crippen LogP contribution < -0.4 is 4.74 Å². The van der Waals surface area contributed by atoms with E-state index in [9.17, 15) is 0 Å². The lowest BCUT2D eigenvalue weighted by atomic mass is 9.76. The van der Waals surface area contributed by atoms with Crippen LogP contribution in [0.2, 0.25) is 5.02 Å². The first-order valence-corrected chi connectivity index (χ1v) is 14.7. The van der Waals surface area contributed by atoms with Crippen LogP contribution in [0.4, 0.5) is 4.39 Å². The molecule has 0 fully saturated rings. The molecule has 43 heavy (non-hydrogen) atoms. The van der Waals surface area contributed by atoms with Crippen molar-refractivity contribution in [1.82, 2.24) is 14.8 Å². The van der Waals surface area contributed by atoms with E-state index >= 15 is 4.39 Å². The summed E-state index contributed by atoms with van der Waals surface area (Å²) in [5.74, 6) is 0.420. The Balaban J connectivity index is 1.54. The first-order chi connectivity index (χ1) is 20.7. The molecule has 0 saturated heterocycles. The zero-order valence-electron chi connectivity index (χ0n) is 24.7. The highest BCUT2D eigenvalue weighted by molar-refractivity contribution is 6.31. The van der Waals surface area contributed by atoms with Crippen LogP contribution in [-0.2, 0) is 17.6 Å². The number of hydrogen-bond acceptors (Lipinski definition) is 3. The van der Waals surface area contributed by atoms with E-state index in [1.54, 1.807) is 12.3 Å². The number of halogens is 2. The maximum Gasteiger partial charge on any atom is 0.181 e. The summed E-state index contributed by atoms with van der Waals surface area (Å²) in [5.41, 5.74) is 4.27. The molecule has 0 aliphatic rings. The van der Waals surface area contributed by atoms with Crippen molar-refractivity contribution in [2.45, 2.75) is 45.3 Å². The number of aromatic nitrogens is 3. The molecule has 0 radical (unpaired) electrons. The van der Waals surface area contributed by atoms with Crippen molar-refractivity contribution in [3.05, 3.63) is 160 Å². The van der Waals surface area contributed by atoms with Gasteiger partial charge in [0.05, 0.1) is 0 Å². The first kappa shape index (κ1) is 28.6. The molecule has 0 unspecified atom stereocenters. The fourth-order valence-electron chi connectivity index (χ4n) is 5.71. The summed E-state index contributed by atoms with van der Waals surface area (Å²) in [4.78, 5) is 4.49. The highest BCUT2D eigenvalue weighted by Gasteiger charge is 2.42. The third-order valence-electron chi connectivity index (χ3n) is 7.89. The van der Waals surface area contributed by atoms with E-state index in [2.05, 4.69) is 25.8 Å². The summed E-state index contributed by atoms with van der Waals surface area (Å²) in [6, 6.07) is 32.9. The van der Waals surface area contributed by atoms with E-state index in [1.807, 2.05) is 109 Å². The van der Waals surface area contributed by atoms with Crippen LogP contribution in [0.1, 0.15) is 54.2 Å². The molecular weight excluding hydrogens is 557 g/mol. The second-order valence-corrected chi connectivity index (χ2v) is 12.3. The lowest BCUT2D eigenvalue weighted by Gasteiger charge is -2.36. The lowest BCUT2D eigenvalue weighted by molar-refractivity contribution is 0.296. The minimum Gasteiger partial charge on any atom is -0.489 e. The molecule has 0 spiro atoms. The number of ether oxygens (including phenoxy) is 1. The van der Waals surface area contributed by atoms with Gasteiger partial charge in [0.1, 0.15) is 23.7 Å². The Bertz CT molecular complexity index is 1820. The van der Waals surface area contributed by atoms with E-state index in [1.165, 1.54) is 6.07 Å². The van der Waals surface area contributed by atoms with Crippen molar-refractivity contribution in [3.63, 3.8) is 0 Å². The van der Waals surface area contributed by atoms with Crippen molar-refractivity contribution in [3.8, 4) is 5.75 Å². The molecule has 6 aromatic rings. The molecule has 4 aromatic carbocycles. The molecule has 6 rings (SSSR count). The zero-order chi connectivity index (χ0) is 30.2. The van der Waals surface area contributed by atoms with Crippen LogP contribution in [0, 0.1) is 12.7 Å². The van der Waals surface area contributed by atoms with Crippen molar-refractivity contribution in [2.24, 2.45) is 0 Å². The van der Waals surface area contributed by atoms with Gasteiger partial charge in [0, 0.05) is 33.9 Å². The maximum atomic E-state index is 16.3. The SMILES string of the molecule is Cc1cc(OCc2ccc(F)c(C(c3ccccc3)(c3ccccc3)n3cc4cccnc4n3)c2)c(C(C)(C)C)cc1Cl. The number of fused-ring (bicyclic) bond motifs is 1. The van der Waals surface area contributed by atoms with Crippen molar-refractivity contribution in [2.75, 3.05) is 0 Å². The molecule has 216 valence electrons. The average molecular weight is 590 g/mol. The number of aryl methyl sites for hydroxylation is 1. The monoisotopic (exact) mass is 589 g/mol. The number of pyridine rings is 1. The Kier molecular flexibility index (Phi) is 7.53. The molecule has 2 aromatic heterocycles.